The number of hydrogen-bond acceptors (Lipinski definition) is 0. The summed E-state index contributed by atoms with van der Waals surface area (Å²) in [5, 5.41) is 2.38. The van der Waals surface area contributed by atoms with Gasteiger partial charge in [-0.05, 0) is 66.2 Å². The lowest BCUT2D eigenvalue weighted by Gasteiger charge is -2.27. The quantitative estimate of drug-likeness (QED) is 0.198. The Morgan fingerprint density at radius 1 is 0.289 bits per heavy atom. The normalized spacial score (nSPS) is 10.9. The Morgan fingerprint density at radius 3 is 1.03 bits per heavy atom. The lowest BCUT2D eigenvalue weighted by Crippen LogP contribution is -2.12. The van der Waals surface area contributed by atoms with E-state index in [0.29, 0.717) is 0 Å². The third-order valence-electron chi connectivity index (χ3n) is 7.02. The van der Waals surface area contributed by atoms with Gasteiger partial charge in [0.1, 0.15) is 0 Å². The van der Waals surface area contributed by atoms with Crippen LogP contribution >= 0.6 is 18.5 Å². The van der Waals surface area contributed by atoms with E-state index >= 15 is 0 Å². The van der Waals surface area contributed by atoms with E-state index in [4.69, 9.17) is 0 Å². The van der Waals surface area contributed by atoms with Crippen molar-refractivity contribution in [3.8, 4) is 55.6 Å². The molecule has 0 aliphatic carbocycles. The lowest BCUT2D eigenvalue weighted by molar-refractivity contribution is 1.55. The molecular weight excluding hydrogens is 494 g/mol. The van der Waals surface area contributed by atoms with E-state index in [1.54, 1.807) is 0 Å². The van der Waals surface area contributed by atoms with E-state index in [-0.39, 0.29) is 0 Å². The van der Waals surface area contributed by atoms with Crippen molar-refractivity contribution in [2.75, 3.05) is 0 Å². The van der Waals surface area contributed by atoms with Crippen molar-refractivity contribution in [2.24, 2.45) is 0 Å². The van der Waals surface area contributed by atoms with E-state index < -0.39 is 0 Å². The molecule has 6 rings (SSSR count). The molecule has 0 saturated carbocycles. The van der Waals surface area contributed by atoms with Gasteiger partial charge in [-0.1, -0.05) is 146 Å². The molecule has 0 amide bonds. The van der Waals surface area contributed by atoms with Gasteiger partial charge in [-0.15, -0.1) is 18.5 Å². The van der Waals surface area contributed by atoms with Gasteiger partial charge in [-0.25, -0.2) is 0 Å². The van der Waals surface area contributed by atoms with Crippen molar-refractivity contribution in [1.29, 1.82) is 0 Å². The van der Waals surface area contributed by atoms with Crippen molar-refractivity contribution < 1.29 is 0 Å². The van der Waals surface area contributed by atoms with Crippen LogP contribution in [0.25, 0.3) is 55.6 Å². The minimum atomic E-state index is 1.18. The van der Waals surface area contributed by atoms with Crippen molar-refractivity contribution in [1.82, 2.24) is 0 Å². The highest BCUT2D eigenvalue weighted by Gasteiger charge is 2.26. The fraction of sp³-hybridized carbons (Fsp3) is 0. The largest absolute Gasteiger partial charge is 0.105 e. The second-order valence-corrected chi connectivity index (χ2v) is 10.5. The van der Waals surface area contributed by atoms with Gasteiger partial charge in [0.05, 0.1) is 0 Å². The number of rotatable bonds is 5. The van der Waals surface area contributed by atoms with E-state index in [0.717, 1.165) is 0 Å². The van der Waals surface area contributed by atoms with Crippen LogP contribution in [-0.4, -0.2) is 0 Å². The van der Waals surface area contributed by atoms with Crippen LogP contribution in [0.1, 0.15) is 0 Å². The molecular formula is C36H28P2. The third kappa shape index (κ3) is 4.52. The Balaban J connectivity index is 1.90. The van der Waals surface area contributed by atoms with Gasteiger partial charge < -0.3 is 0 Å². The summed E-state index contributed by atoms with van der Waals surface area (Å²) in [5.74, 6) is 0. The first kappa shape index (κ1) is 24.5. The first-order valence-electron chi connectivity index (χ1n) is 12.8. The number of hydrogen-bond donors (Lipinski definition) is 0. The highest BCUT2D eigenvalue weighted by molar-refractivity contribution is 7.29. The molecule has 0 aliphatic rings. The van der Waals surface area contributed by atoms with Gasteiger partial charge in [-0.2, -0.15) is 0 Å². The summed E-state index contributed by atoms with van der Waals surface area (Å²) in [5.41, 5.74) is 12.3. The van der Waals surface area contributed by atoms with Crippen molar-refractivity contribution >= 4 is 29.1 Å². The van der Waals surface area contributed by atoms with Crippen LogP contribution in [0.2, 0.25) is 0 Å². The molecule has 182 valence electrons. The van der Waals surface area contributed by atoms with E-state index in [9.17, 15) is 0 Å². The minimum Gasteiger partial charge on any atom is -0.105 e. The molecule has 6 aromatic carbocycles. The fourth-order valence-electron chi connectivity index (χ4n) is 5.36. The maximum Gasteiger partial charge on any atom is -0.00137 e. The summed E-state index contributed by atoms with van der Waals surface area (Å²) >= 11 is 0. The van der Waals surface area contributed by atoms with Gasteiger partial charge in [-0.3, -0.25) is 0 Å². The minimum absolute atomic E-state index is 1.18. The summed E-state index contributed by atoms with van der Waals surface area (Å²) in [6.07, 6.45) is 0. The van der Waals surface area contributed by atoms with Gasteiger partial charge in [0.2, 0.25) is 0 Å². The second-order valence-electron chi connectivity index (χ2n) is 9.34. The molecule has 0 aromatic heterocycles. The topological polar surface area (TPSA) is 0 Å². The molecule has 0 heterocycles. The van der Waals surface area contributed by atoms with E-state index in [1.165, 1.54) is 66.2 Å². The summed E-state index contributed by atoms with van der Waals surface area (Å²) < 4.78 is 0. The highest BCUT2D eigenvalue weighted by Crippen LogP contribution is 2.49. The SMILES string of the molecule is Pc1ccccc1-c1c(P)c(-c2ccccc2)c(-c2ccccc2)c(-c2ccccc2)c1-c1ccccc1. The molecule has 0 fully saturated rings. The van der Waals surface area contributed by atoms with Crippen LogP contribution in [0.3, 0.4) is 0 Å². The summed E-state index contributed by atoms with van der Waals surface area (Å²) in [6, 6.07) is 51.9. The smallest absolute Gasteiger partial charge is 0.00137 e. The van der Waals surface area contributed by atoms with Crippen LogP contribution in [0.5, 0.6) is 0 Å². The molecule has 0 nitrogen and oxygen atoms in total. The van der Waals surface area contributed by atoms with Crippen LogP contribution < -0.4 is 10.6 Å². The molecule has 2 atom stereocenters. The van der Waals surface area contributed by atoms with Crippen molar-refractivity contribution in [3.63, 3.8) is 0 Å². The highest BCUT2D eigenvalue weighted by atomic mass is 31.0. The van der Waals surface area contributed by atoms with E-state index in [1.807, 2.05) is 0 Å². The molecule has 0 radical (unpaired) electrons. The summed E-state index contributed by atoms with van der Waals surface area (Å²) in [7, 11) is 6.09. The maximum absolute atomic E-state index is 3.13. The van der Waals surface area contributed by atoms with Gasteiger partial charge in [0.15, 0.2) is 0 Å². The monoisotopic (exact) mass is 522 g/mol. The van der Waals surface area contributed by atoms with Gasteiger partial charge in [0.25, 0.3) is 0 Å². The Bertz CT molecular complexity index is 1690. The first-order valence-corrected chi connectivity index (χ1v) is 14.0. The standard InChI is InChI=1S/C36H28P2/c37-30-24-14-13-23-29(30)35-33(27-19-9-3-10-20-27)31(25-15-5-1-6-16-25)32(26-17-7-2-8-18-26)34(36(35)38)28-21-11-4-12-22-28/h1-24H,37-38H2. The zero-order chi connectivity index (χ0) is 25.9. The molecule has 0 bridgehead atoms. The zero-order valence-corrected chi connectivity index (χ0v) is 23.3. The molecule has 6 aromatic rings. The van der Waals surface area contributed by atoms with Crippen molar-refractivity contribution in [3.05, 3.63) is 146 Å². The van der Waals surface area contributed by atoms with Gasteiger partial charge in [0, 0.05) is 0 Å². The van der Waals surface area contributed by atoms with Crippen LogP contribution in [0, 0.1) is 0 Å². The molecule has 0 saturated heterocycles. The average Bonchev–Trinajstić information content (AvgIpc) is 2.99. The summed E-state index contributed by atoms with van der Waals surface area (Å²) in [6.45, 7) is 0. The van der Waals surface area contributed by atoms with Crippen LogP contribution in [-0.2, 0) is 0 Å². The van der Waals surface area contributed by atoms with E-state index in [2.05, 4.69) is 164 Å². The molecule has 2 heteroatoms. The third-order valence-corrected chi connectivity index (χ3v) is 8.10. The fourth-order valence-corrected chi connectivity index (χ4v) is 6.32. The van der Waals surface area contributed by atoms with Crippen LogP contribution in [0.4, 0.5) is 0 Å². The summed E-state index contributed by atoms with van der Waals surface area (Å²) in [4.78, 5) is 0. The molecule has 0 spiro atoms. The predicted octanol–water partition coefficient (Wildman–Crippen LogP) is 9.02. The molecule has 38 heavy (non-hydrogen) atoms. The Labute approximate surface area is 229 Å². The van der Waals surface area contributed by atoms with Crippen molar-refractivity contribution in [2.45, 2.75) is 0 Å². The Morgan fingerprint density at radius 2 is 0.605 bits per heavy atom. The van der Waals surface area contributed by atoms with Crippen LogP contribution in [0.15, 0.2) is 146 Å². The zero-order valence-electron chi connectivity index (χ0n) is 21.0. The van der Waals surface area contributed by atoms with Gasteiger partial charge >= 0.3 is 0 Å². The molecule has 2 unspecified atom stereocenters. The Kier molecular flexibility index (Phi) is 7.02. The molecule has 0 N–H and O–H groups in total. The average molecular weight is 523 g/mol. The first-order chi connectivity index (χ1) is 18.7. The second kappa shape index (κ2) is 10.9. The predicted molar refractivity (Wildman–Crippen MR) is 172 cm³/mol. The Hall–Kier alpha value is -3.82. The maximum atomic E-state index is 3.13. The number of benzene rings is 6. The lowest BCUT2D eigenvalue weighted by atomic mass is 9.78. The molecule has 0 aliphatic heterocycles.